The van der Waals surface area contributed by atoms with Crippen LogP contribution in [0.15, 0.2) is 11.6 Å². The summed E-state index contributed by atoms with van der Waals surface area (Å²) in [5.41, 5.74) is 0.439. The summed E-state index contributed by atoms with van der Waals surface area (Å²) in [5.74, 6) is 0. The summed E-state index contributed by atoms with van der Waals surface area (Å²) in [4.78, 5) is 16.3. The van der Waals surface area contributed by atoms with E-state index in [0.717, 1.165) is 25.0 Å². The second-order valence-corrected chi connectivity index (χ2v) is 6.92. The number of amides is 1. The van der Waals surface area contributed by atoms with Crippen molar-refractivity contribution in [1.29, 1.82) is 5.26 Å². The number of piperazine rings is 1. The summed E-state index contributed by atoms with van der Waals surface area (Å²) < 4.78 is 5.43. The molecule has 1 saturated heterocycles. The Hall–Kier alpha value is -1.54. The molecule has 2 aliphatic rings. The van der Waals surface area contributed by atoms with Gasteiger partial charge in [-0.2, -0.15) is 5.26 Å². The van der Waals surface area contributed by atoms with Crippen LogP contribution in [-0.2, 0) is 4.74 Å². The lowest BCUT2D eigenvalue weighted by atomic mass is 10.1. The molecule has 1 heterocycles. The highest BCUT2D eigenvalue weighted by Gasteiger charge is 2.33. The Bertz CT molecular complexity index is 473. The SMILES string of the molecule is CC1CN(C(=O)OC(C)(C)C)CCN1C1C=C(C#N)CC1. The molecular weight excluding hydrogens is 266 g/mol. The summed E-state index contributed by atoms with van der Waals surface area (Å²) in [5, 5.41) is 8.96. The smallest absolute Gasteiger partial charge is 0.410 e. The molecule has 5 heteroatoms. The molecule has 0 bridgehead atoms. The number of carbonyl (C=O) groups excluding carboxylic acids is 1. The van der Waals surface area contributed by atoms with Gasteiger partial charge < -0.3 is 9.64 Å². The minimum Gasteiger partial charge on any atom is -0.444 e. The fourth-order valence-electron chi connectivity index (χ4n) is 3.01. The molecule has 2 rings (SSSR count). The Morgan fingerprint density at radius 3 is 2.67 bits per heavy atom. The van der Waals surface area contributed by atoms with Gasteiger partial charge in [0.15, 0.2) is 0 Å². The van der Waals surface area contributed by atoms with Crippen LogP contribution >= 0.6 is 0 Å². The summed E-state index contributed by atoms with van der Waals surface area (Å²) in [6.45, 7) is 9.99. The number of hydrogen-bond acceptors (Lipinski definition) is 4. The third-order valence-corrected chi connectivity index (χ3v) is 4.00. The summed E-state index contributed by atoms with van der Waals surface area (Å²) in [7, 11) is 0. The highest BCUT2D eigenvalue weighted by atomic mass is 16.6. The van der Waals surface area contributed by atoms with Crippen molar-refractivity contribution >= 4 is 6.09 Å². The van der Waals surface area contributed by atoms with E-state index in [2.05, 4.69) is 24.0 Å². The number of hydrogen-bond donors (Lipinski definition) is 0. The maximum Gasteiger partial charge on any atom is 0.410 e. The van der Waals surface area contributed by atoms with Gasteiger partial charge >= 0.3 is 6.09 Å². The Morgan fingerprint density at radius 1 is 1.43 bits per heavy atom. The molecule has 0 aromatic rings. The molecular formula is C16H25N3O2. The Morgan fingerprint density at radius 2 is 2.14 bits per heavy atom. The van der Waals surface area contributed by atoms with E-state index in [9.17, 15) is 4.79 Å². The first-order valence-electron chi connectivity index (χ1n) is 7.64. The van der Waals surface area contributed by atoms with Crippen molar-refractivity contribution in [2.24, 2.45) is 0 Å². The Balaban J connectivity index is 1.92. The molecule has 1 aliphatic heterocycles. The molecule has 2 unspecified atom stereocenters. The fourth-order valence-corrected chi connectivity index (χ4v) is 3.01. The third-order valence-electron chi connectivity index (χ3n) is 4.00. The van der Waals surface area contributed by atoms with Gasteiger partial charge in [0.2, 0.25) is 0 Å². The highest BCUT2D eigenvalue weighted by Crippen LogP contribution is 2.26. The number of allylic oxidation sites excluding steroid dienone is 1. The number of nitrogens with zero attached hydrogens (tertiary/aromatic N) is 3. The van der Waals surface area contributed by atoms with E-state index >= 15 is 0 Å². The molecule has 1 aliphatic carbocycles. The van der Waals surface area contributed by atoms with Gasteiger partial charge in [-0.3, -0.25) is 4.90 Å². The zero-order valence-electron chi connectivity index (χ0n) is 13.4. The van der Waals surface area contributed by atoms with E-state index in [1.54, 1.807) is 4.90 Å². The van der Waals surface area contributed by atoms with Crippen LogP contribution in [0.4, 0.5) is 4.79 Å². The fraction of sp³-hybridized carbons (Fsp3) is 0.750. The minimum atomic E-state index is -0.451. The van der Waals surface area contributed by atoms with Crippen LogP contribution in [0.1, 0.15) is 40.5 Å². The first-order valence-corrected chi connectivity index (χ1v) is 7.64. The molecule has 1 amide bonds. The van der Waals surface area contributed by atoms with E-state index in [0.29, 0.717) is 19.1 Å². The summed E-state index contributed by atoms with van der Waals surface area (Å²) in [6.07, 6.45) is 3.74. The van der Waals surface area contributed by atoms with Crippen LogP contribution in [0, 0.1) is 11.3 Å². The van der Waals surface area contributed by atoms with Crippen molar-refractivity contribution in [1.82, 2.24) is 9.80 Å². The van der Waals surface area contributed by atoms with Crippen LogP contribution < -0.4 is 0 Å². The molecule has 0 saturated carbocycles. The average Bonchev–Trinajstić information content (AvgIpc) is 2.85. The summed E-state index contributed by atoms with van der Waals surface area (Å²) in [6, 6.07) is 2.88. The number of nitriles is 1. The predicted molar refractivity (Wildman–Crippen MR) is 80.7 cm³/mol. The third kappa shape index (κ3) is 3.98. The van der Waals surface area contributed by atoms with Crippen molar-refractivity contribution in [3.8, 4) is 6.07 Å². The van der Waals surface area contributed by atoms with Gasteiger partial charge in [-0.05, 0) is 40.5 Å². The van der Waals surface area contributed by atoms with Crippen LogP contribution in [0.3, 0.4) is 0 Å². The van der Waals surface area contributed by atoms with Gasteiger partial charge in [-0.25, -0.2) is 4.79 Å². The standard InChI is InChI=1S/C16H25N3O2/c1-12-11-18(15(20)21-16(2,3)4)7-8-19(12)14-6-5-13(9-14)10-17/h9,12,14H,5-8,11H2,1-4H3. The van der Waals surface area contributed by atoms with Crippen molar-refractivity contribution in [2.45, 2.75) is 58.2 Å². The molecule has 0 N–H and O–H groups in total. The average molecular weight is 291 g/mol. The van der Waals surface area contributed by atoms with Crippen LogP contribution in [0.5, 0.6) is 0 Å². The molecule has 0 radical (unpaired) electrons. The molecule has 21 heavy (non-hydrogen) atoms. The van der Waals surface area contributed by atoms with Crippen molar-refractivity contribution in [3.05, 3.63) is 11.6 Å². The quantitative estimate of drug-likeness (QED) is 0.745. The van der Waals surface area contributed by atoms with Gasteiger partial charge in [-0.15, -0.1) is 0 Å². The molecule has 116 valence electrons. The maximum absolute atomic E-state index is 12.1. The van der Waals surface area contributed by atoms with Gasteiger partial charge in [0.05, 0.1) is 6.07 Å². The van der Waals surface area contributed by atoms with Gasteiger partial charge in [-0.1, -0.05) is 6.08 Å². The molecule has 2 atom stereocenters. The monoisotopic (exact) mass is 291 g/mol. The van der Waals surface area contributed by atoms with Crippen molar-refractivity contribution in [2.75, 3.05) is 19.6 Å². The molecule has 0 aromatic heterocycles. The lowest BCUT2D eigenvalue weighted by Crippen LogP contribution is -2.56. The second-order valence-electron chi connectivity index (χ2n) is 6.92. The van der Waals surface area contributed by atoms with Crippen molar-refractivity contribution < 1.29 is 9.53 Å². The van der Waals surface area contributed by atoms with Gasteiger partial charge in [0, 0.05) is 37.3 Å². The lowest BCUT2D eigenvalue weighted by molar-refractivity contribution is 0.00164. The number of ether oxygens (including phenoxy) is 1. The predicted octanol–water partition coefficient (Wildman–Crippen LogP) is 2.54. The van der Waals surface area contributed by atoms with E-state index in [1.165, 1.54) is 0 Å². The topological polar surface area (TPSA) is 56.6 Å². The van der Waals surface area contributed by atoms with Gasteiger partial charge in [0.25, 0.3) is 0 Å². The van der Waals surface area contributed by atoms with Crippen LogP contribution in [-0.4, -0.2) is 53.2 Å². The molecule has 0 spiro atoms. The second kappa shape index (κ2) is 6.07. The zero-order chi connectivity index (χ0) is 15.6. The van der Waals surface area contributed by atoms with Crippen molar-refractivity contribution in [3.63, 3.8) is 0 Å². The van der Waals surface area contributed by atoms with E-state index in [-0.39, 0.29) is 12.1 Å². The Kier molecular flexibility index (Phi) is 4.58. The number of carbonyl (C=O) groups is 1. The normalized spacial score (nSPS) is 27.2. The minimum absolute atomic E-state index is 0.228. The molecule has 0 aromatic carbocycles. The maximum atomic E-state index is 12.1. The lowest BCUT2D eigenvalue weighted by Gasteiger charge is -2.42. The Labute approximate surface area is 127 Å². The summed E-state index contributed by atoms with van der Waals surface area (Å²) >= 11 is 0. The first kappa shape index (κ1) is 15.8. The molecule has 1 fully saturated rings. The first-order chi connectivity index (χ1) is 9.80. The van der Waals surface area contributed by atoms with Crippen LogP contribution in [0.2, 0.25) is 0 Å². The number of rotatable bonds is 1. The molecule has 5 nitrogen and oxygen atoms in total. The zero-order valence-corrected chi connectivity index (χ0v) is 13.4. The van der Waals surface area contributed by atoms with E-state index in [1.807, 2.05) is 20.8 Å². The van der Waals surface area contributed by atoms with Crippen LogP contribution in [0.25, 0.3) is 0 Å². The van der Waals surface area contributed by atoms with E-state index in [4.69, 9.17) is 10.00 Å². The van der Waals surface area contributed by atoms with E-state index < -0.39 is 5.60 Å². The van der Waals surface area contributed by atoms with Gasteiger partial charge in [0.1, 0.15) is 5.60 Å². The largest absolute Gasteiger partial charge is 0.444 e. The highest BCUT2D eigenvalue weighted by molar-refractivity contribution is 5.68.